The number of ketones is 1. The second-order valence-electron chi connectivity index (χ2n) is 5.22. The number of carboxylic acid groups (broad SMARTS) is 1. The summed E-state index contributed by atoms with van der Waals surface area (Å²) >= 11 is 0. The molecule has 1 unspecified atom stereocenters. The molecule has 124 valence electrons. The number of aliphatic carboxylic acids is 1. The summed E-state index contributed by atoms with van der Waals surface area (Å²) < 4.78 is 10.4. The number of rotatable bonds is 7. The maximum Gasteiger partial charge on any atom is 0.303 e. The highest BCUT2D eigenvalue weighted by Gasteiger charge is 2.22. The predicted molar refractivity (Wildman–Crippen MR) is 79.4 cm³/mol. The molecule has 8 nitrogen and oxygen atoms in total. The Hall–Kier alpha value is -2.61. The van der Waals surface area contributed by atoms with E-state index in [4.69, 9.17) is 20.3 Å². The lowest BCUT2D eigenvalue weighted by Crippen LogP contribution is -2.44. The SMILES string of the molecule is CN(CC(=O)c1ccc2c(c1)OCO2)C(=O)C(N)CCC(=O)O. The highest BCUT2D eigenvalue weighted by molar-refractivity contribution is 6.00. The maximum absolute atomic E-state index is 12.2. The smallest absolute Gasteiger partial charge is 0.303 e. The monoisotopic (exact) mass is 322 g/mol. The van der Waals surface area contributed by atoms with E-state index >= 15 is 0 Å². The van der Waals surface area contributed by atoms with Gasteiger partial charge in [0.05, 0.1) is 12.6 Å². The number of fused-ring (bicyclic) bond motifs is 1. The van der Waals surface area contributed by atoms with E-state index in [0.717, 1.165) is 0 Å². The molecule has 0 bridgehead atoms. The summed E-state index contributed by atoms with van der Waals surface area (Å²) in [6.07, 6.45) is -0.173. The summed E-state index contributed by atoms with van der Waals surface area (Å²) in [5.74, 6) is -0.707. The molecule has 1 aromatic rings. The van der Waals surface area contributed by atoms with Crippen LogP contribution in [0.5, 0.6) is 11.5 Å². The van der Waals surface area contributed by atoms with Gasteiger partial charge in [-0.25, -0.2) is 0 Å². The van der Waals surface area contributed by atoms with Crippen LogP contribution in [0, 0.1) is 0 Å². The van der Waals surface area contributed by atoms with Crippen LogP contribution in [0.4, 0.5) is 0 Å². The van der Waals surface area contributed by atoms with Gasteiger partial charge in [0.15, 0.2) is 17.3 Å². The Labute approximate surface area is 132 Å². The Balaban J connectivity index is 1.93. The third-order valence-electron chi connectivity index (χ3n) is 3.44. The molecule has 1 aromatic carbocycles. The number of nitrogens with zero attached hydrogens (tertiary/aromatic N) is 1. The Kier molecular flexibility index (Phi) is 5.17. The summed E-state index contributed by atoms with van der Waals surface area (Å²) in [6.45, 7) is -0.0386. The molecular weight excluding hydrogens is 304 g/mol. The molecule has 0 aromatic heterocycles. The first-order valence-corrected chi connectivity index (χ1v) is 7.03. The van der Waals surface area contributed by atoms with Crippen molar-refractivity contribution in [3.8, 4) is 11.5 Å². The number of hydrogen-bond donors (Lipinski definition) is 2. The molecule has 0 aliphatic carbocycles. The number of hydrogen-bond acceptors (Lipinski definition) is 6. The van der Waals surface area contributed by atoms with Gasteiger partial charge >= 0.3 is 5.97 Å². The Morgan fingerprint density at radius 2 is 2.00 bits per heavy atom. The molecular formula is C15H18N2O6. The molecule has 0 fully saturated rings. The fourth-order valence-electron chi connectivity index (χ4n) is 2.14. The molecule has 0 spiro atoms. The molecule has 0 saturated carbocycles. The van der Waals surface area contributed by atoms with E-state index in [-0.39, 0.29) is 32.0 Å². The van der Waals surface area contributed by atoms with Crippen LogP contribution in [-0.4, -0.2) is 54.1 Å². The van der Waals surface area contributed by atoms with Crippen LogP contribution >= 0.6 is 0 Å². The fraction of sp³-hybridized carbons (Fsp3) is 0.400. The van der Waals surface area contributed by atoms with Crippen LogP contribution in [0.3, 0.4) is 0 Å². The summed E-state index contributed by atoms with van der Waals surface area (Å²) in [7, 11) is 1.45. The van der Waals surface area contributed by atoms with Gasteiger partial charge in [-0.05, 0) is 24.6 Å². The van der Waals surface area contributed by atoms with Crippen molar-refractivity contribution in [3.05, 3.63) is 23.8 Å². The van der Waals surface area contributed by atoms with E-state index in [0.29, 0.717) is 17.1 Å². The zero-order valence-corrected chi connectivity index (χ0v) is 12.7. The first-order valence-electron chi connectivity index (χ1n) is 7.03. The van der Waals surface area contributed by atoms with Crippen molar-refractivity contribution < 1.29 is 29.0 Å². The van der Waals surface area contributed by atoms with Crippen molar-refractivity contribution in [2.75, 3.05) is 20.4 Å². The normalized spacial score (nSPS) is 13.5. The zero-order chi connectivity index (χ0) is 17.0. The zero-order valence-electron chi connectivity index (χ0n) is 12.7. The molecule has 3 N–H and O–H groups in total. The lowest BCUT2D eigenvalue weighted by molar-refractivity contribution is -0.137. The van der Waals surface area contributed by atoms with Crippen molar-refractivity contribution in [2.24, 2.45) is 5.73 Å². The minimum absolute atomic E-state index is 0.0245. The number of carbonyl (C=O) groups is 3. The van der Waals surface area contributed by atoms with Gasteiger partial charge in [0.25, 0.3) is 0 Å². The van der Waals surface area contributed by atoms with Crippen molar-refractivity contribution in [3.63, 3.8) is 0 Å². The lowest BCUT2D eigenvalue weighted by Gasteiger charge is -2.20. The lowest BCUT2D eigenvalue weighted by atomic mass is 10.1. The van der Waals surface area contributed by atoms with E-state index in [1.807, 2.05) is 0 Å². The van der Waals surface area contributed by atoms with Crippen LogP contribution in [-0.2, 0) is 9.59 Å². The second-order valence-corrected chi connectivity index (χ2v) is 5.22. The van der Waals surface area contributed by atoms with Gasteiger partial charge in [0.1, 0.15) is 0 Å². The topological polar surface area (TPSA) is 119 Å². The van der Waals surface area contributed by atoms with E-state index in [2.05, 4.69) is 0 Å². The van der Waals surface area contributed by atoms with Gasteiger partial charge in [0.2, 0.25) is 12.7 Å². The molecule has 0 saturated heterocycles. The molecule has 0 radical (unpaired) electrons. The molecule has 1 atom stereocenters. The molecule has 1 amide bonds. The number of likely N-dealkylation sites (N-methyl/N-ethyl adjacent to an activating group) is 1. The number of carbonyl (C=O) groups excluding carboxylic acids is 2. The minimum Gasteiger partial charge on any atom is -0.481 e. The quantitative estimate of drug-likeness (QED) is 0.690. The first-order chi connectivity index (χ1) is 10.9. The number of Topliss-reactive ketones (excluding diaryl/α,β-unsaturated/α-hetero) is 1. The summed E-state index contributed by atoms with van der Waals surface area (Å²) in [6, 6.07) is 3.85. The van der Waals surface area contributed by atoms with Gasteiger partial charge in [-0.3, -0.25) is 14.4 Å². The van der Waals surface area contributed by atoms with Crippen LogP contribution in [0.15, 0.2) is 18.2 Å². The average molecular weight is 322 g/mol. The standard InChI is InChI=1S/C15H18N2O6/c1-17(15(21)10(16)3-5-14(19)20)7-11(18)9-2-4-12-13(6-9)23-8-22-12/h2,4,6,10H,3,5,7-8,16H2,1H3,(H,19,20). The van der Waals surface area contributed by atoms with Crippen LogP contribution in [0.25, 0.3) is 0 Å². The number of ether oxygens (including phenoxy) is 2. The van der Waals surface area contributed by atoms with E-state index in [1.54, 1.807) is 18.2 Å². The Bertz CT molecular complexity index is 630. The largest absolute Gasteiger partial charge is 0.481 e. The van der Waals surface area contributed by atoms with Crippen molar-refractivity contribution in [2.45, 2.75) is 18.9 Å². The molecule has 23 heavy (non-hydrogen) atoms. The van der Waals surface area contributed by atoms with E-state index in [1.165, 1.54) is 11.9 Å². The summed E-state index contributed by atoms with van der Waals surface area (Å²) in [4.78, 5) is 35.9. The first kappa shape index (κ1) is 16.8. The van der Waals surface area contributed by atoms with Crippen molar-refractivity contribution in [1.29, 1.82) is 0 Å². The third-order valence-corrected chi connectivity index (χ3v) is 3.44. The van der Waals surface area contributed by atoms with Crippen molar-refractivity contribution >= 4 is 17.7 Å². The second kappa shape index (κ2) is 7.10. The highest BCUT2D eigenvalue weighted by atomic mass is 16.7. The fourth-order valence-corrected chi connectivity index (χ4v) is 2.14. The maximum atomic E-state index is 12.2. The number of amides is 1. The molecule has 8 heteroatoms. The minimum atomic E-state index is -1.02. The number of nitrogens with two attached hydrogens (primary N) is 1. The molecule has 1 heterocycles. The summed E-state index contributed by atoms with van der Waals surface area (Å²) in [5.41, 5.74) is 6.05. The van der Waals surface area contributed by atoms with Gasteiger partial charge in [-0.15, -0.1) is 0 Å². The van der Waals surface area contributed by atoms with E-state index in [9.17, 15) is 14.4 Å². The van der Waals surface area contributed by atoms with Gasteiger partial charge in [0, 0.05) is 19.0 Å². The predicted octanol–water partition coefficient (Wildman–Crippen LogP) is 0.249. The third kappa shape index (κ3) is 4.19. The Morgan fingerprint density at radius 1 is 1.30 bits per heavy atom. The van der Waals surface area contributed by atoms with Gasteiger partial charge in [-0.1, -0.05) is 0 Å². The van der Waals surface area contributed by atoms with Gasteiger partial charge in [-0.2, -0.15) is 0 Å². The van der Waals surface area contributed by atoms with Crippen LogP contribution in [0.1, 0.15) is 23.2 Å². The van der Waals surface area contributed by atoms with E-state index < -0.39 is 17.9 Å². The number of carboxylic acids is 1. The molecule has 1 aliphatic heterocycles. The molecule has 2 rings (SSSR count). The molecule has 1 aliphatic rings. The highest BCUT2D eigenvalue weighted by Crippen LogP contribution is 2.32. The van der Waals surface area contributed by atoms with Crippen molar-refractivity contribution in [1.82, 2.24) is 4.90 Å². The van der Waals surface area contributed by atoms with Crippen LogP contribution < -0.4 is 15.2 Å². The van der Waals surface area contributed by atoms with Gasteiger partial charge < -0.3 is 25.2 Å². The average Bonchev–Trinajstić information content (AvgIpc) is 2.98. The summed E-state index contributed by atoms with van der Waals surface area (Å²) in [5, 5.41) is 8.60. The Morgan fingerprint density at radius 3 is 2.70 bits per heavy atom. The van der Waals surface area contributed by atoms with Crippen LogP contribution in [0.2, 0.25) is 0 Å². The number of benzene rings is 1.